The van der Waals surface area contributed by atoms with Crippen LogP contribution in [0, 0.1) is 5.92 Å². The lowest BCUT2D eigenvalue weighted by Crippen LogP contribution is -2.37. The number of ether oxygens (including phenoxy) is 1. The Labute approximate surface area is 173 Å². The Morgan fingerprint density at radius 2 is 2.24 bits per heavy atom. The van der Waals surface area contributed by atoms with Gasteiger partial charge in [0.2, 0.25) is 5.91 Å². The summed E-state index contributed by atoms with van der Waals surface area (Å²) in [7, 11) is 0. The highest BCUT2D eigenvalue weighted by molar-refractivity contribution is 7.07. The topological polar surface area (TPSA) is 109 Å². The Kier molecular flexibility index (Phi) is 5.58. The summed E-state index contributed by atoms with van der Waals surface area (Å²) in [5.41, 5.74) is 3.42. The van der Waals surface area contributed by atoms with Crippen molar-refractivity contribution in [3.63, 3.8) is 0 Å². The number of thiazole rings is 1. The molecule has 0 bridgehead atoms. The van der Waals surface area contributed by atoms with E-state index in [4.69, 9.17) is 4.74 Å². The number of hydrogen-bond donors (Lipinski definition) is 3. The molecule has 0 aromatic carbocycles. The van der Waals surface area contributed by atoms with Crippen LogP contribution in [0.1, 0.15) is 63.3 Å². The lowest BCUT2D eigenvalue weighted by atomic mass is 9.98. The third kappa shape index (κ3) is 5.14. The first-order valence-electron chi connectivity index (χ1n) is 10.1. The molecule has 2 saturated carbocycles. The lowest BCUT2D eigenvalue weighted by molar-refractivity contribution is -0.115. The zero-order valence-electron chi connectivity index (χ0n) is 16.7. The molecule has 2 aromatic rings. The summed E-state index contributed by atoms with van der Waals surface area (Å²) in [6.45, 7) is 4.01. The molecule has 0 radical (unpaired) electrons. The molecule has 2 aromatic heterocycles. The number of H-pyrrole nitrogens is 1. The fourth-order valence-corrected chi connectivity index (χ4v) is 4.42. The van der Waals surface area contributed by atoms with E-state index in [1.807, 2.05) is 25.3 Å². The second-order valence-corrected chi connectivity index (χ2v) is 9.20. The molecule has 4 rings (SSSR count). The van der Waals surface area contributed by atoms with E-state index >= 15 is 0 Å². The van der Waals surface area contributed by atoms with E-state index in [-0.39, 0.29) is 30.1 Å². The van der Waals surface area contributed by atoms with E-state index in [2.05, 4.69) is 25.8 Å². The zero-order valence-corrected chi connectivity index (χ0v) is 17.6. The summed E-state index contributed by atoms with van der Waals surface area (Å²) in [6, 6.07) is 1.90. The van der Waals surface area contributed by atoms with Crippen LogP contribution >= 0.6 is 11.3 Å². The van der Waals surface area contributed by atoms with Crippen molar-refractivity contribution < 1.29 is 14.3 Å². The molecule has 2 fully saturated rings. The first-order valence-corrected chi connectivity index (χ1v) is 11.1. The van der Waals surface area contributed by atoms with E-state index in [0.717, 1.165) is 43.5 Å². The first kappa shape index (κ1) is 19.9. The van der Waals surface area contributed by atoms with Gasteiger partial charge in [0.05, 0.1) is 17.6 Å². The van der Waals surface area contributed by atoms with Gasteiger partial charge in [-0.05, 0) is 51.9 Å². The highest BCUT2D eigenvalue weighted by Gasteiger charge is 2.40. The third-order valence-corrected chi connectivity index (χ3v) is 6.60. The molecule has 29 heavy (non-hydrogen) atoms. The Morgan fingerprint density at radius 1 is 1.41 bits per heavy atom. The van der Waals surface area contributed by atoms with Gasteiger partial charge in [0, 0.05) is 28.6 Å². The van der Waals surface area contributed by atoms with Gasteiger partial charge in [-0.3, -0.25) is 9.89 Å². The number of aromatic nitrogens is 3. The Balaban J connectivity index is 1.25. The number of alkyl carbamates (subject to hydrolysis) is 1. The van der Waals surface area contributed by atoms with Gasteiger partial charge in [-0.2, -0.15) is 5.10 Å². The van der Waals surface area contributed by atoms with Crippen molar-refractivity contribution in [2.75, 3.05) is 5.32 Å². The van der Waals surface area contributed by atoms with Crippen molar-refractivity contribution in [1.82, 2.24) is 20.5 Å². The van der Waals surface area contributed by atoms with Crippen LogP contribution in [0.5, 0.6) is 0 Å². The molecule has 2 heterocycles. The fourth-order valence-electron chi connectivity index (χ4n) is 3.86. The minimum absolute atomic E-state index is 0.0642. The molecule has 2 aliphatic rings. The van der Waals surface area contributed by atoms with E-state index in [0.29, 0.717) is 17.7 Å². The van der Waals surface area contributed by atoms with Crippen molar-refractivity contribution in [3.05, 3.63) is 28.3 Å². The minimum Gasteiger partial charge on any atom is -0.446 e. The summed E-state index contributed by atoms with van der Waals surface area (Å²) in [4.78, 5) is 28.3. The molecular weight excluding hydrogens is 390 g/mol. The molecule has 9 heteroatoms. The number of nitrogens with one attached hydrogen (secondary N) is 3. The van der Waals surface area contributed by atoms with Crippen LogP contribution in [0.4, 0.5) is 10.6 Å². The van der Waals surface area contributed by atoms with Crippen molar-refractivity contribution in [1.29, 1.82) is 0 Å². The number of aromatic amines is 1. The number of amides is 2. The molecule has 0 spiro atoms. The molecule has 2 amide bonds. The number of carbonyl (C=O) groups excluding carboxylic acids is 2. The lowest BCUT2D eigenvalue weighted by Gasteiger charge is -2.21. The second kappa shape index (κ2) is 8.14. The minimum atomic E-state index is -0.312. The number of carbonyl (C=O) groups is 2. The average Bonchev–Trinajstić information content (AvgIpc) is 3.16. The first-order chi connectivity index (χ1) is 13.9. The van der Waals surface area contributed by atoms with Crippen molar-refractivity contribution in [3.8, 4) is 0 Å². The van der Waals surface area contributed by atoms with Gasteiger partial charge in [-0.25, -0.2) is 9.78 Å². The van der Waals surface area contributed by atoms with E-state index in [1.54, 1.807) is 5.51 Å². The standard InChI is InChI=1S/C20H27N5O3S/c1-12(28-19(27)23-20(2)5-6-20)13-3-4-14(7-13)16-9-17(25-24-16)22-18(26)8-15-10-29-11-21-15/h9-14H,3-8H2,1-2H3,(H,23,27)(H2,22,24,25,26)/t12?,13?,14-/m0/s1. The smallest absolute Gasteiger partial charge is 0.407 e. The van der Waals surface area contributed by atoms with Crippen LogP contribution in [0.15, 0.2) is 17.0 Å². The highest BCUT2D eigenvalue weighted by atomic mass is 32.1. The summed E-state index contributed by atoms with van der Waals surface area (Å²) >= 11 is 1.47. The molecule has 156 valence electrons. The second-order valence-electron chi connectivity index (χ2n) is 8.48. The number of hydrogen-bond acceptors (Lipinski definition) is 6. The normalized spacial score (nSPS) is 23.4. The summed E-state index contributed by atoms with van der Waals surface area (Å²) in [6.07, 6.45) is 4.78. The maximum atomic E-state index is 12.1. The van der Waals surface area contributed by atoms with E-state index < -0.39 is 0 Å². The monoisotopic (exact) mass is 417 g/mol. The molecule has 8 nitrogen and oxygen atoms in total. The quantitative estimate of drug-likeness (QED) is 0.638. The van der Waals surface area contributed by atoms with Gasteiger partial charge in [-0.15, -0.1) is 11.3 Å². The van der Waals surface area contributed by atoms with E-state index in [1.165, 1.54) is 11.3 Å². The number of anilines is 1. The van der Waals surface area contributed by atoms with Gasteiger partial charge in [-0.1, -0.05) is 0 Å². The van der Waals surface area contributed by atoms with Gasteiger partial charge >= 0.3 is 6.09 Å². The Bertz CT molecular complexity index is 861. The van der Waals surface area contributed by atoms with Crippen molar-refractivity contribution in [2.24, 2.45) is 5.92 Å². The fraction of sp³-hybridized carbons (Fsp3) is 0.600. The molecule has 3 atom stereocenters. The molecule has 2 aliphatic carbocycles. The van der Waals surface area contributed by atoms with Crippen LogP contribution in [0.2, 0.25) is 0 Å². The molecule has 2 unspecified atom stereocenters. The predicted molar refractivity (Wildman–Crippen MR) is 110 cm³/mol. The largest absolute Gasteiger partial charge is 0.446 e. The molecule has 0 aliphatic heterocycles. The average molecular weight is 418 g/mol. The molecular formula is C20H27N5O3S. The maximum Gasteiger partial charge on any atom is 0.407 e. The van der Waals surface area contributed by atoms with Gasteiger partial charge in [0.15, 0.2) is 5.82 Å². The SMILES string of the molecule is CC(OC(=O)NC1(C)CC1)C1CC[C@H](c2cc(NC(=O)Cc3cscn3)n[nH]2)C1. The summed E-state index contributed by atoms with van der Waals surface area (Å²) in [5, 5.41) is 14.9. The van der Waals surface area contributed by atoms with Crippen LogP contribution in [0.3, 0.4) is 0 Å². The number of nitrogens with zero attached hydrogens (tertiary/aromatic N) is 2. The molecule has 0 saturated heterocycles. The highest BCUT2D eigenvalue weighted by Crippen LogP contribution is 2.40. The van der Waals surface area contributed by atoms with Crippen molar-refractivity contribution >= 4 is 29.2 Å². The van der Waals surface area contributed by atoms with Crippen LogP contribution < -0.4 is 10.6 Å². The van der Waals surface area contributed by atoms with Crippen LogP contribution in [-0.4, -0.2) is 38.8 Å². The van der Waals surface area contributed by atoms with E-state index in [9.17, 15) is 9.59 Å². The zero-order chi connectivity index (χ0) is 20.4. The summed E-state index contributed by atoms with van der Waals surface area (Å²) in [5.74, 6) is 1.05. The van der Waals surface area contributed by atoms with Crippen molar-refractivity contribution in [2.45, 2.75) is 69.9 Å². The Hall–Kier alpha value is -2.42. The predicted octanol–water partition coefficient (Wildman–Crippen LogP) is 3.60. The Morgan fingerprint density at radius 3 is 2.97 bits per heavy atom. The third-order valence-electron chi connectivity index (χ3n) is 5.96. The molecule has 3 N–H and O–H groups in total. The van der Waals surface area contributed by atoms with Crippen LogP contribution in [-0.2, 0) is 16.0 Å². The van der Waals surface area contributed by atoms with Gasteiger partial charge in [0.1, 0.15) is 6.10 Å². The van der Waals surface area contributed by atoms with Crippen LogP contribution in [0.25, 0.3) is 0 Å². The van der Waals surface area contributed by atoms with Gasteiger partial charge in [0.25, 0.3) is 0 Å². The van der Waals surface area contributed by atoms with Gasteiger partial charge < -0.3 is 15.4 Å². The summed E-state index contributed by atoms with van der Waals surface area (Å²) < 4.78 is 5.60. The maximum absolute atomic E-state index is 12.1. The number of rotatable bonds is 7.